The normalized spacial score (nSPS) is 21.8. The van der Waals surface area contributed by atoms with Gasteiger partial charge in [0.05, 0.1) is 9.97 Å². The number of aliphatic carboxylic acids is 1. The summed E-state index contributed by atoms with van der Waals surface area (Å²) < 4.78 is 6.04. The van der Waals surface area contributed by atoms with Crippen molar-refractivity contribution in [3.8, 4) is 5.75 Å². The lowest BCUT2D eigenvalue weighted by molar-refractivity contribution is -0.148. The van der Waals surface area contributed by atoms with Crippen molar-refractivity contribution in [1.82, 2.24) is 4.90 Å². The molecule has 1 heterocycles. The van der Waals surface area contributed by atoms with E-state index < -0.39 is 5.97 Å². The van der Waals surface area contributed by atoms with E-state index in [2.05, 4.69) is 39.6 Å². The number of carboxylic acids is 1. The Kier molecular flexibility index (Phi) is 5.40. The molecular formula is C19H20INO3. The average molecular weight is 437 g/mol. The van der Waals surface area contributed by atoms with Crippen LogP contribution in [0.1, 0.15) is 24.2 Å². The van der Waals surface area contributed by atoms with Crippen molar-refractivity contribution in [1.29, 1.82) is 0 Å². The zero-order valence-corrected chi connectivity index (χ0v) is 15.6. The molecule has 1 N–H and O–H groups in total. The predicted octanol–water partition coefficient (Wildman–Crippen LogP) is 4.10. The van der Waals surface area contributed by atoms with Gasteiger partial charge in [0, 0.05) is 13.1 Å². The van der Waals surface area contributed by atoms with E-state index >= 15 is 0 Å². The van der Waals surface area contributed by atoms with Crippen molar-refractivity contribution in [3.05, 3.63) is 65.7 Å². The first-order chi connectivity index (χ1) is 11.5. The van der Waals surface area contributed by atoms with Crippen molar-refractivity contribution in [2.45, 2.75) is 23.6 Å². The van der Waals surface area contributed by atoms with Gasteiger partial charge in [0.25, 0.3) is 0 Å². The molecule has 1 aliphatic heterocycles. The number of hydrogen-bond acceptors (Lipinski definition) is 3. The summed E-state index contributed by atoms with van der Waals surface area (Å²) in [5.41, 5.74) is 2.31. The van der Waals surface area contributed by atoms with Gasteiger partial charge in [-0.1, -0.05) is 65.1 Å². The number of carbonyl (C=O) groups is 1. The van der Waals surface area contributed by atoms with Gasteiger partial charge >= 0.3 is 5.97 Å². The van der Waals surface area contributed by atoms with Crippen molar-refractivity contribution < 1.29 is 14.6 Å². The molecule has 0 aliphatic carbocycles. The van der Waals surface area contributed by atoms with Crippen molar-refractivity contribution in [2.24, 2.45) is 5.92 Å². The number of benzene rings is 2. The molecule has 0 bridgehead atoms. The molecule has 126 valence electrons. The van der Waals surface area contributed by atoms with Gasteiger partial charge in [-0.15, -0.1) is 0 Å². The van der Waals surface area contributed by atoms with E-state index in [1.54, 1.807) is 0 Å². The molecule has 0 aromatic heterocycles. The van der Waals surface area contributed by atoms with Crippen LogP contribution in [0.15, 0.2) is 54.6 Å². The minimum absolute atomic E-state index is 0.00230. The first-order valence-electron chi connectivity index (χ1n) is 7.96. The lowest BCUT2D eigenvalue weighted by Gasteiger charge is -2.42. The van der Waals surface area contributed by atoms with Gasteiger partial charge in [-0.3, -0.25) is 9.69 Å². The van der Waals surface area contributed by atoms with Crippen molar-refractivity contribution in [3.63, 3.8) is 0 Å². The number of ether oxygens (including phenoxy) is 1. The quantitative estimate of drug-likeness (QED) is 0.420. The minimum Gasteiger partial charge on any atom is -0.486 e. The zero-order chi connectivity index (χ0) is 17.1. The molecule has 2 aromatic rings. The maximum Gasteiger partial charge on any atom is 0.310 e. The van der Waals surface area contributed by atoms with Crippen LogP contribution in [0.2, 0.25) is 0 Å². The Balaban J connectivity index is 1.55. The Morgan fingerprint density at radius 2 is 1.92 bits per heavy atom. The Bertz CT molecular complexity index is 690. The van der Waals surface area contributed by atoms with Crippen LogP contribution in [0, 0.1) is 5.92 Å². The third-order valence-electron chi connectivity index (χ3n) is 4.32. The zero-order valence-electron chi connectivity index (χ0n) is 13.4. The number of likely N-dealkylation sites (tertiary alicyclic amines) is 1. The standard InChI is InChI=1S/C19H20INO3/c1-13(15-5-3-2-4-6-15)24-16-9-7-14(8-10-16)11-21-12-17(18(21)20)19(22)23/h2-10,13,17-18H,11-12H2,1H3,(H,22,23). The van der Waals surface area contributed by atoms with E-state index in [1.165, 1.54) is 5.56 Å². The molecule has 3 atom stereocenters. The summed E-state index contributed by atoms with van der Waals surface area (Å²) in [7, 11) is 0. The fraction of sp³-hybridized carbons (Fsp3) is 0.316. The number of carboxylic acid groups (broad SMARTS) is 1. The van der Waals surface area contributed by atoms with Crippen LogP contribution in [0.3, 0.4) is 0 Å². The Hall–Kier alpha value is -1.60. The molecule has 3 unspecified atom stereocenters. The molecule has 0 amide bonds. The van der Waals surface area contributed by atoms with Crippen LogP contribution in [0.5, 0.6) is 5.75 Å². The summed E-state index contributed by atoms with van der Waals surface area (Å²) in [6, 6.07) is 18.2. The number of halogens is 1. The first-order valence-corrected chi connectivity index (χ1v) is 9.20. The van der Waals surface area contributed by atoms with Gasteiger partial charge in [0.15, 0.2) is 0 Å². The van der Waals surface area contributed by atoms with Gasteiger partial charge in [-0.2, -0.15) is 0 Å². The third-order valence-corrected chi connectivity index (χ3v) is 5.98. The smallest absolute Gasteiger partial charge is 0.310 e. The second-order valence-corrected chi connectivity index (χ2v) is 7.34. The van der Waals surface area contributed by atoms with Crippen LogP contribution in [0.4, 0.5) is 0 Å². The molecular weight excluding hydrogens is 417 g/mol. The van der Waals surface area contributed by atoms with Gasteiger partial charge in [0.1, 0.15) is 11.9 Å². The summed E-state index contributed by atoms with van der Waals surface area (Å²) >= 11 is 2.21. The molecule has 0 radical (unpaired) electrons. The highest BCUT2D eigenvalue weighted by atomic mass is 127. The van der Waals surface area contributed by atoms with Gasteiger partial charge in [-0.05, 0) is 30.2 Å². The van der Waals surface area contributed by atoms with Gasteiger partial charge in [-0.25, -0.2) is 0 Å². The fourth-order valence-corrected chi connectivity index (χ4v) is 3.77. The van der Waals surface area contributed by atoms with E-state index in [1.807, 2.05) is 49.4 Å². The molecule has 1 aliphatic rings. The Labute approximate surface area is 155 Å². The van der Waals surface area contributed by atoms with Crippen LogP contribution in [0.25, 0.3) is 0 Å². The molecule has 2 aromatic carbocycles. The van der Waals surface area contributed by atoms with Crippen molar-refractivity contribution >= 4 is 28.6 Å². The lowest BCUT2D eigenvalue weighted by Crippen LogP contribution is -2.55. The van der Waals surface area contributed by atoms with Crippen molar-refractivity contribution in [2.75, 3.05) is 6.54 Å². The minimum atomic E-state index is -0.704. The average Bonchev–Trinajstić information content (AvgIpc) is 2.59. The van der Waals surface area contributed by atoms with E-state index in [9.17, 15) is 4.79 Å². The molecule has 0 saturated carbocycles. The highest BCUT2D eigenvalue weighted by molar-refractivity contribution is 14.1. The van der Waals surface area contributed by atoms with Crippen LogP contribution >= 0.6 is 22.6 Å². The van der Waals surface area contributed by atoms with Crippen LogP contribution in [-0.2, 0) is 11.3 Å². The summed E-state index contributed by atoms with van der Waals surface area (Å²) in [4.78, 5) is 13.2. The maximum atomic E-state index is 11.0. The largest absolute Gasteiger partial charge is 0.486 e. The maximum absolute atomic E-state index is 11.0. The van der Waals surface area contributed by atoms with Crippen LogP contribution < -0.4 is 4.74 Å². The lowest BCUT2D eigenvalue weighted by atomic mass is 9.99. The Morgan fingerprint density at radius 1 is 1.25 bits per heavy atom. The molecule has 5 heteroatoms. The predicted molar refractivity (Wildman–Crippen MR) is 101 cm³/mol. The van der Waals surface area contributed by atoms with Gasteiger partial charge in [0.2, 0.25) is 0 Å². The highest BCUT2D eigenvalue weighted by Gasteiger charge is 2.41. The summed E-state index contributed by atoms with van der Waals surface area (Å²) in [5, 5.41) is 9.05. The van der Waals surface area contributed by atoms with E-state index in [0.29, 0.717) is 6.54 Å². The van der Waals surface area contributed by atoms with E-state index in [4.69, 9.17) is 9.84 Å². The third kappa shape index (κ3) is 3.89. The molecule has 4 nitrogen and oxygen atoms in total. The molecule has 1 fully saturated rings. The molecule has 3 rings (SSSR count). The molecule has 24 heavy (non-hydrogen) atoms. The van der Waals surface area contributed by atoms with E-state index in [0.717, 1.165) is 17.9 Å². The number of alkyl halides is 1. The molecule has 1 saturated heterocycles. The summed E-state index contributed by atoms with van der Waals surface area (Å²) in [6.07, 6.45) is 0.00230. The van der Waals surface area contributed by atoms with E-state index in [-0.39, 0.29) is 16.1 Å². The summed E-state index contributed by atoms with van der Waals surface area (Å²) in [5.74, 6) is -0.114. The number of rotatable bonds is 6. The highest BCUT2D eigenvalue weighted by Crippen LogP contribution is 2.32. The fourth-order valence-electron chi connectivity index (χ4n) is 2.81. The second-order valence-electron chi connectivity index (χ2n) is 6.06. The monoisotopic (exact) mass is 437 g/mol. The number of hydrogen-bond donors (Lipinski definition) is 1. The SMILES string of the molecule is CC(Oc1ccc(CN2CC(C(=O)O)C2I)cc1)c1ccccc1. The topological polar surface area (TPSA) is 49.8 Å². The first kappa shape index (κ1) is 17.2. The van der Waals surface area contributed by atoms with Gasteiger partial charge < -0.3 is 9.84 Å². The summed E-state index contributed by atoms with van der Waals surface area (Å²) in [6.45, 7) is 3.42. The number of nitrogens with zero attached hydrogens (tertiary/aromatic N) is 1. The Morgan fingerprint density at radius 3 is 2.50 bits per heavy atom. The second kappa shape index (κ2) is 7.53. The molecule has 0 spiro atoms. The van der Waals surface area contributed by atoms with Crippen LogP contribution in [-0.4, -0.2) is 26.6 Å².